The number of anilines is 1. The quantitative estimate of drug-likeness (QED) is 0.359. The highest BCUT2D eigenvalue weighted by Gasteiger charge is 2.30. The van der Waals surface area contributed by atoms with E-state index in [1.165, 1.54) is 23.7 Å². The average molecular weight is 511 g/mol. The van der Waals surface area contributed by atoms with Crippen LogP contribution < -0.4 is 16.1 Å². The van der Waals surface area contributed by atoms with E-state index in [0.29, 0.717) is 31.2 Å². The summed E-state index contributed by atoms with van der Waals surface area (Å²) in [4.78, 5) is 34.3. The number of aromatic nitrogens is 8. The summed E-state index contributed by atoms with van der Waals surface area (Å²) in [6.45, 7) is 5.52. The first-order valence-corrected chi connectivity index (χ1v) is 12.4. The van der Waals surface area contributed by atoms with Crippen LogP contribution in [0, 0.1) is 5.82 Å². The number of tetrazole rings is 1. The summed E-state index contributed by atoms with van der Waals surface area (Å²) in [5.74, 6) is 1.19. The van der Waals surface area contributed by atoms with Crippen LogP contribution in [-0.2, 0) is 27.7 Å². The minimum absolute atomic E-state index is 0.0381. The molecule has 1 aromatic carbocycles. The summed E-state index contributed by atoms with van der Waals surface area (Å²) in [5, 5.41) is 12.5. The third kappa shape index (κ3) is 4.43. The lowest BCUT2D eigenvalue weighted by atomic mass is 10.1. The lowest BCUT2D eigenvalue weighted by Crippen LogP contribution is -2.48. The zero-order chi connectivity index (χ0) is 26.3. The van der Waals surface area contributed by atoms with E-state index in [4.69, 9.17) is 0 Å². The van der Waals surface area contributed by atoms with Crippen LogP contribution in [0.15, 0.2) is 33.9 Å². The van der Waals surface area contributed by atoms with Gasteiger partial charge in [0.2, 0.25) is 5.95 Å². The lowest BCUT2D eigenvalue weighted by molar-refractivity contribution is 0.164. The molecule has 0 radical (unpaired) electrons. The number of halogens is 1. The highest BCUT2D eigenvalue weighted by molar-refractivity contribution is 5.74. The molecule has 3 aromatic heterocycles. The zero-order valence-electron chi connectivity index (χ0n) is 21.5. The first kappa shape index (κ1) is 24.8. The van der Waals surface area contributed by atoms with Gasteiger partial charge < -0.3 is 4.90 Å². The Bertz CT molecular complexity index is 1530. The molecule has 5 rings (SSSR count). The summed E-state index contributed by atoms with van der Waals surface area (Å²) in [6.07, 6.45) is 1.87. The number of aryl methyl sites for hydroxylation is 2. The molecule has 1 saturated heterocycles. The van der Waals surface area contributed by atoms with E-state index in [-0.39, 0.29) is 23.1 Å². The van der Waals surface area contributed by atoms with Crippen molar-refractivity contribution in [2.75, 3.05) is 31.1 Å². The Morgan fingerprint density at radius 2 is 1.68 bits per heavy atom. The number of fused-ring (bicyclic) bond motifs is 1. The number of hydrogen-bond donors (Lipinski definition) is 0. The fraction of sp³-hybridized carbons (Fsp3) is 0.500. The van der Waals surface area contributed by atoms with Crippen molar-refractivity contribution in [2.45, 2.75) is 32.4 Å². The largest absolute Gasteiger partial charge is 0.340 e. The normalized spacial score (nSPS) is 15.5. The molecular formula is C24H31FN10O2. The second kappa shape index (κ2) is 9.88. The highest BCUT2D eigenvalue weighted by atomic mass is 19.1. The van der Waals surface area contributed by atoms with Crippen molar-refractivity contribution in [1.82, 2.24) is 43.8 Å². The van der Waals surface area contributed by atoms with Crippen molar-refractivity contribution in [1.29, 1.82) is 0 Å². The second-order valence-electron chi connectivity index (χ2n) is 9.50. The van der Waals surface area contributed by atoms with Crippen LogP contribution in [0.3, 0.4) is 0 Å². The molecule has 0 saturated carbocycles. The summed E-state index contributed by atoms with van der Waals surface area (Å²) < 4.78 is 19.5. The number of piperazine rings is 1. The Hall–Kier alpha value is -3.87. The Morgan fingerprint density at radius 1 is 0.973 bits per heavy atom. The van der Waals surface area contributed by atoms with Crippen molar-refractivity contribution >= 4 is 17.1 Å². The van der Waals surface area contributed by atoms with Gasteiger partial charge in [-0.2, -0.15) is 0 Å². The summed E-state index contributed by atoms with van der Waals surface area (Å²) in [6, 6.07) is 6.41. The maximum Gasteiger partial charge on any atom is 0.332 e. The smallest absolute Gasteiger partial charge is 0.332 e. The molecule has 4 heterocycles. The van der Waals surface area contributed by atoms with Crippen LogP contribution in [0.2, 0.25) is 0 Å². The first-order chi connectivity index (χ1) is 17.8. The van der Waals surface area contributed by atoms with Crippen LogP contribution in [-0.4, -0.2) is 70.0 Å². The molecule has 4 aromatic rings. The molecular weight excluding hydrogens is 479 g/mol. The molecule has 196 valence electrons. The molecule has 13 heteroatoms. The highest BCUT2D eigenvalue weighted by Crippen LogP contribution is 2.27. The Balaban J connectivity index is 1.37. The predicted molar refractivity (Wildman–Crippen MR) is 136 cm³/mol. The molecule has 1 atom stereocenters. The van der Waals surface area contributed by atoms with E-state index >= 15 is 0 Å². The fourth-order valence-electron chi connectivity index (χ4n) is 5.16. The van der Waals surface area contributed by atoms with Gasteiger partial charge in [-0.05, 0) is 34.5 Å². The van der Waals surface area contributed by atoms with Gasteiger partial charge in [0, 0.05) is 47.3 Å². The maximum absolute atomic E-state index is 13.3. The summed E-state index contributed by atoms with van der Waals surface area (Å²) in [5.41, 5.74) is 0.951. The molecule has 0 spiro atoms. The van der Waals surface area contributed by atoms with Crippen LogP contribution in [0.4, 0.5) is 10.3 Å². The standard InChI is InChI=1S/C24H31FN10O2/c1-5-6-18(20-27-28-29-35(20)15-16-7-9-17(25)10-8-16)33-11-13-34(14-12-33)23-26-19-21(30(23)2)31(3)24(37)32(4)22(19)36/h7-10,18H,5-6,11-15H2,1-4H3/t18-/m1/s1. The summed E-state index contributed by atoms with van der Waals surface area (Å²) >= 11 is 0. The minimum atomic E-state index is -0.394. The van der Waals surface area contributed by atoms with E-state index in [9.17, 15) is 14.0 Å². The lowest BCUT2D eigenvalue weighted by Gasteiger charge is -2.39. The minimum Gasteiger partial charge on any atom is -0.340 e. The Labute approximate surface area is 212 Å². The number of hydrogen-bond acceptors (Lipinski definition) is 8. The monoisotopic (exact) mass is 510 g/mol. The first-order valence-electron chi connectivity index (χ1n) is 12.4. The van der Waals surface area contributed by atoms with Crippen LogP contribution in [0.5, 0.6) is 0 Å². The van der Waals surface area contributed by atoms with Gasteiger partial charge in [-0.3, -0.25) is 23.4 Å². The van der Waals surface area contributed by atoms with Crippen molar-refractivity contribution < 1.29 is 4.39 Å². The third-order valence-electron chi connectivity index (χ3n) is 7.14. The van der Waals surface area contributed by atoms with E-state index in [0.717, 1.165) is 41.9 Å². The second-order valence-corrected chi connectivity index (χ2v) is 9.50. The number of benzene rings is 1. The van der Waals surface area contributed by atoms with E-state index in [1.54, 1.807) is 23.9 Å². The molecule has 0 bridgehead atoms. The number of rotatable bonds is 7. The van der Waals surface area contributed by atoms with E-state index in [1.807, 2.05) is 11.6 Å². The topological polar surface area (TPSA) is 112 Å². The fourth-order valence-corrected chi connectivity index (χ4v) is 5.16. The number of nitrogens with zero attached hydrogens (tertiary/aromatic N) is 10. The van der Waals surface area contributed by atoms with Gasteiger partial charge in [0.1, 0.15) is 5.82 Å². The van der Waals surface area contributed by atoms with Gasteiger partial charge in [-0.25, -0.2) is 18.9 Å². The zero-order valence-corrected chi connectivity index (χ0v) is 21.5. The van der Waals surface area contributed by atoms with Gasteiger partial charge in [0.25, 0.3) is 5.56 Å². The summed E-state index contributed by atoms with van der Waals surface area (Å²) in [7, 11) is 4.95. The van der Waals surface area contributed by atoms with Crippen molar-refractivity contribution in [3.05, 3.63) is 62.3 Å². The predicted octanol–water partition coefficient (Wildman–Crippen LogP) is 0.808. The maximum atomic E-state index is 13.3. The Morgan fingerprint density at radius 3 is 2.35 bits per heavy atom. The molecule has 0 aliphatic carbocycles. The third-order valence-corrected chi connectivity index (χ3v) is 7.14. The molecule has 12 nitrogen and oxygen atoms in total. The van der Waals surface area contributed by atoms with E-state index < -0.39 is 5.56 Å². The van der Waals surface area contributed by atoms with Crippen LogP contribution in [0.1, 0.15) is 37.2 Å². The molecule has 0 unspecified atom stereocenters. The van der Waals surface area contributed by atoms with Gasteiger partial charge in [-0.1, -0.05) is 25.5 Å². The molecule has 37 heavy (non-hydrogen) atoms. The van der Waals surface area contributed by atoms with Crippen LogP contribution >= 0.6 is 0 Å². The average Bonchev–Trinajstić information content (AvgIpc) is 3.50. The molecule has 0 N–H and O–H groups in total. The van der Waals surface area contributed by atoms with E-state index in [2.05, 4.69) is 37.2 Å². The van der Waals surface area contributed by atoms with Crippen molar-refractivity contribution in [2.24, 2.45) is 21.1 Å². The van der Waals surface area contributed by atoms with Gasteiger partial charge >= 0.3 is 5.69 Å². The molecule has 0 amide bonds. The van der Waals surface area contributed by atoms with Gasteiger partial charge in [-0.15, -0.1) is 5.10 Å². The Kier molecular flexibility index (Phi) is 6.63. The van der Waals surface area contributed by atoms with Gasteiger partial charge in [0.15, 0.2) is 17.0 Å². The molecule has 1 aliphatic heterocycles. The van der Waals surface area contributed by atoms with Gasteiger partial charge in [0.05, 0.1) is 12.6 Å². The van der Waals surface area contributed by atoms with Crippen LogP contribution in [0.25, 0.3) is 11.2 Å². The number of imidazole rings is 1. The van der Waals surface area contributed by atoms with Crippen molar-refractivity contribution in [3.63, 3.8) is 0 Å². The van der Waals surface area contributed by atoms with Crippen molar-refractivity contribution in [3.8, 4) is 0 Å². The molecule has 1 aliphatic rings. The molecule has 1 fully saturated rings. The SMILES string of the molecule is CCC[C@H](c1nnnn1Cc1ccc(F)cc1)N1CCN(c2nc3c(=O)n(C)c(=O)n(C)c3n2C)CC1.